The van der Waals surface area contributed by atoms with Crippen molar-refractivity contribution in [1.82, 2.24) is 4.57 Å². The number of aromatic nitrogens is 1. The van der Waals surface area contributed by atoms with Crippen molar-refractivity contribution in [2.75, 3.05) is 0 Å². The fraction of sp³-hybridized carbons (Fsp3) is 0.0769. The van der Waals surface area contributed by atoms with Crippen LogP contribution in [0.5, 0.6) is 0 Å². The van der Waals surface area contributed by atoms with Crippen LogP contribution in [0.25, 0.3) is 0 Å². The van der Waals surface area contributed by atoms with E-state index < -0.39 is 5.97 Å². The van der Waals surface area contributed by atoms with Gasteiger partial charge in [0.2, 0.25) is 5.91 Å². The number of carboxylic acid groups (broad SMARTS) is 1. The Morgan fingerprint density at radius 3 is 2.67 bits per heavy atom. The minimum absolute atomic E-state index is 0.109. The Bertz CT molecular complexity index is 604. The molecular weight excluding hydrogens is 298 g/mol. The maximum atomic E-state index is 11.9. The molecule has 0 spiro atoms. The third-order valence-corrected chi connectivity index (χ3v) is 2.97. The number of rotatable bonds is 3. The molecule has 1 heterocycles. The van der Waals surface area contributed by atoms with E-state index in [-0.39, 0.29) is 17.9 Å². The molecule has 4 nitrogen and oxygen atoms in total. The van der Waals surface area contributed by atoms with Crippen molar-refractivity contribution in [3.05, 3.63) is 58.3 Å². The lowest BCUT2D eigenvalue weighted by atomic mass is 10.1. The van der Waals surface area contributed by atoms with Crippen LogP contribution in [0.15, 0.2) is 47.2 Å². The molecule has 1 N–H and O–H groups in total. The first-order chi connectivity index (χ1) is 8.56. The highest BCUT2D eigenvalue weighted by Gasteiger charge is 2.10. The van der Waals surface area contributed by atoms with Crippen molar-refractivity contribution in [1.29, 1.82) is 0 Å². The van der Waals surface area contributed by atoms with Crippen LogP contribution in [-0.4, -0.2) is 21.6 Å². The van der Waals surface area contributed by atoms with Crippen molar-refractivity contribution in [3.63, 3.8) is 0 Å². The molecule has 2 aromatic rings. The molecule has 0 bridgehead atoms. The Morgan fingerprint density at radius 2 is 2.06 bits per heavy atom. The van der Waals surface area contributed by atoms with E-state index in [1.165, 1.54) is 23.0 Å². The summed E-state index contributed by atoms with van der Waals surface area (Å²) >= 11 is 3.34. The fourth-order valence-corrected chi connectivity index (χ4v) is 2.04. The SMILES string of the molecule is O=C(O)c1ccn(C(=O)Cc2cccc(Br)c2)c1. The summed E-state index contributed by atoms with van der Waals surface area (Å²) in [5.74, 6) is -1.20. The number of carbonyl (C=O) groups is 2. The normalized spacial score (nSPS) is 10.3. The van der Waals surface area contributed by atoms with Gasteiger partial charge in [0, 0.05) is 16.9 Å². The van der Waals surface area contributed by atoms with Gasteiger partial charge in [0.1, 0.15) is 0 Å². The van der Waals surface area contributed by atoms with Crippen LogP contribution in [0, 0.1) is 0 Å². The van der Waals surface area contributed by atoms with Crippen molar-refractivity contribution in [3.8, 4) is 0 Å². The highest BCUT2D eigenvalue weighted by atomic mass is 79.9. The molecule has 0 amide bonds. The predicted molar refractivity (Wildman–Crippen MR) is 69.9 cm³/mol. The smallest absolute Gasteiger partial charge is 0.337 e. The van der Waals surface area contributed by atoms with Crippen molar-refractivity contribution >= 4 is 27.8 Å². The predicted octanol–water partition coefficient (Wildman–Crippen LogP) is 2.83. The third kappa shape index (κ3) is 2.87. The summed E-state index contributed by atoms with van der Waals surface area (Å²) in [5.41, 5.74) is 0.984. The first kappa shape index (κ1) is 12.6. The van der Waals surface area contributed by atoms with E-state index in [1.807, 2.05) is 24.3 Å². The summed E-state index contributed by atoms with van der Waals surface area (Å²) < 4.78 is 2.20. The Morgan fingerprint density at radius 1 is 1.28 bits per heavy atom. The molecule has 0 aliphatic rings. The van der Waals surface area contributed by atoms with Gasteiger partial charge in [-0.05, 0) is 23.8 Å². The van der Waals surface area contributed by atoms with E-state index in [0.717, 1.165) is 10.0 Å². The maximum Gasteiger partial charge on any atom is 0.337 e. The number of hydrogen-bond acceptors (Lipinski definition) is 2. The van der Waals surface area contributed by atoms with Gasteiger partial charge in [-0.3, -0.25) is 9.36 Å². The molecule has 18 heavy (non-hydrogen) atoms. The molecule has 0 fully saturated rings. The largest absolute Gasteiger partial charge is 0.478 e. The van der Waals surface area contributed by atoms with Gasteiger partial charge in [-0.25, -0.2) is 4.79 Å². The monoisotopic (exact) mass is 307 g/mol. The van der Waals surface area contributed by atoms with Crippen LogP contribution in [0.1, 0.15) is 20.7 Å². The molecule has 0 saturated heterocycles. The standard InChI is InChI=1S/C13H10BrNO3/c14-11-3-1-2-9(6-11)7-12(16)15-5-4-10(8-15)13(17)18/h1-6,8H,7H2,(H,17,18). The summed E-state index contributed by atoms with van der Waals surface area (Å²) in [4.78, 5) is 22.6. The second-order valence-electron chi connectivity index (χ2n) is 3.81. The topological polar surface area (TPSA) is 59.3 Å². The van der Waals surface area contributed by atoms with Gasteiger partial charge in [0.15, 0.2) is 0 Å². The molecule has 0 aliphatic carbocycles. The molecule has 0 saturated carbocycles. The van der Waals surface area contributed by atoms with E-state index in [2.05, 4.69) is 15.9 Å². The van der Waals surface area contributed by atoms with Crippen LogP contribution in [-0.2, 0) is 6.42 Å². The Kier molecular flexibility index (Phi) is 3.62. The van der Waals surface area contributed by atoms with Gasteiger partial charge in [-0.1, -0.05) is 28.1 Å². The molecule has 0 atom stereocenters. The number of carboxylic acids is 1. The average Bonchev–Trinajstić information content (AvgIpc) is 2.78. The summed E-state index contributed by atoms with van der Waals surface area (Å²) in [7, 11) is 0. The second-order valence-corrected chi connectivity index (χ2v) is 4.73. The zero-order chi connectivity index (χ0) is 13.1. The Labute approximate surface area is 112 Å². The van der Waals surface area contributed by atoms with E-state index in [4.69, 9.17) is 5.11 Å². The summed E-state index contributed by atoms with van der Waals surface area (Å²) in [6.07, 6.45) is 3.01. The minimum atomic E-state index is -1.04. The van der Waals surface area contributed by atoms with Crippen LogP contribution < -0.4 is 0 Å². The van der Waals surface area contributed by atoms with Crippen LogP contribution in [0.2, 0.25) is 0 Å². The minimum Gasteiger partial charge on any atom is -0.478 e. The maximum absolute atomic E-state index is 11.9. The first-order valence-corrected chi connectivity index (χ1v) is 6.04. The van der Waals surface area contributed by atoms with E-state index in [0.29, 0.717) is 0 Å². The summed E-state index contributed by atoms with van der Waals surface area (Å²) in [6.45, 7) is 0. The van der Waals surface area contributed by atoms with Crippen LogP contribution in [0.3, 0.4) is 0 Å². The lowest BCUT2D eigenvalue weighted by molar-refractivity contribution is 0.0697. The van der Waals surface area contributed by atoms with E-state index in [1.54, 1.807) is 0 Å². The quantitative estimate of drug-likeness (QED) is 0.948. The number of hydrogen-bond donors (Lipinski definition) is 1. The molecule has 0 radical (unpaired) electrons. The molecule has 5 heteroatoms. The highest BCUT2D eigenvalue weighted by Crippen LogP contribution is 2.13. The molecule has 1 aromatic carbocycles. The number of aromatic carboxylic acids is 1. The first-order valence-electron chi connectivity index (χ1n) is 5.25. The fourth-order valence-electron chi connectivity index (χ4n) is 1.59. The average molecular weight is 308 g/mol. The molecule has 2 rings (SSSR count). The van der Waals surface area contributed by atoms with Crippen molar-refractivity contribution < 1.29 is 14.7 Å². The number of halogens is 1. The number of carbonyl (C=O) groups excluding carboxylic acids is 1. The zero-order valence-corrected chi connectivity index (χ0v) is 10.9. The Balaban J connectivity index is 2.14. The molecular formula is C13H10BrNO3. The highest BCUT2D eigenvalue weighted by molar-refractivity contribution is 9.10. The van der Waals surface area contributed by atoms with E-state index in [9.17, 15) is 9.59 Å². The third-order valence-electron chi connectivity index (χ3n) is 2.47. The van der Waals surface area contributed by atoms with Gasteiger partial charge in [0.25, 0.3) is 0 Å². The lowest BCUT2D eigenvalue weighted by Gasteiger charge is -2.02. The lowest BCUT2D eigenvalue weighted by Crippen LogP contribution is -2.11. The van der Waals surface area contributed by atoms with E-state index >= 15 is 0 Å². The molecule has 92 valence electrons. The molecule has 0 unspecified atom stereocenters. The van der Waals surface area contributed by atoms with Gasteiger partial charge >= 0.3 is 5.97 Å². The second kappa shape index (κ2) is 5.18. The van der Waals surface area contributed by atoms with Crippen LogP contribution in [0.4, 0.5) is 0 Å². The van der Waals surface area contributed by atoms with Crippen LogP contribution >= 0.6 is 15.9 Å². The van der Waals surface area contributed by atoms with Crippen molar-refractivity contribution in [2.24, 2.45) is 0 Å². The van der Waals surface area contributed by atoms with Gasteiger partial charge in [-0.15, -0.1) is 0 Å². The van der Waals surface area contributed by atoms with Crippen molar-refractivity contribution in [2.45, 2.75) is 6.42 Å². The van der Waals surface area contributed by atoms with Gasteiger partial charge < -0.3 is 5.11 Å². The summed E-state index contributed by atoms with van der Waals surface area (Å²) in [6, 6.07) is 8.85. The molecule has 1 aromatic heterocycles. The molecule has 0 aliphatic heterocycles. The number of benzene rings is 1. The van der Waals surface area contributed by atoms with Gasteiger partial charge in [0.05, 0.1) is 12.0 Å². The Hall–Kier alpha value is -1.88. The van der Waals surface area contributed by atoms with Gasteiger partial charge in [-0.2, -0.15) is 0 Å². The zero-order valence-electron chi connectivity index (χ0n) is 9.34. The number of nitrogens with zero attached hydrogens (tertiary/aromatic N) is 1. The summed E-state index contributed by atoms with van der Waals surface area (Å²) in [5, 5.41) is 8.78.